The third kappa shape index (κ3) is 4.95. The van der Waals surface area contributed by atoms with Gasteiger partial charge in [-0.05, 0) is 50.8 Å². The lowest BCUT2D eigenvalue weighted by Gasteiger charge is -2.34. The van der Waals surface area contributed by atoms with Gasteiger partial charge in [-0.15, -0.1) is 11.3 Å². The molecule has 0 spiro atoms. The minimum absolute atomic E-state index is 0.135. The molecule has 0 radical (unpaired) electrons. The van der Waals surface area contributed by atoms with Gasteiger partial charge in [0.15, 0.2) is 0 Å². The van der Waals surface area contributed by atoms with Crippen LogP contribution in [0, 0.1) is 5.92 Å². The molecule has 0 saturated heterocycles. The number of nitrogens with zero attached hydrogens (tertiary/aromatic N) is 2. The minimum Gasteiger partial charge on any atom is -0.396 e. The van der Waals surface area contributed by atoms with E-state index in [4.69, 9.17) is 11.6 Å². The molecule has 1 aromatic heterocycles. The van der Waals surface area contributed by atoms with Crippen molar-refractivity contribution in [3.8, 4) is 0 Å². The first-order chi connectivity index (χ1) is 10.5. The molecule has 0 atom stereocenters. The molecule has 124 valence electrons. The number of rotatable bonds is 6. The van der Waals surface area contributed by atoms with Gasteiger partial charge in [-0.2, -0.15) is 0 Å². The Morgan fingerprint density at radius 1 is 1.32 bits per heavy atom. The summed E-state index contributed by atoms with van der Waals surface area (Å²) in [6.07, 6.45) is 4.25. The van der Waals surface area contributed by atoms with Crippen LogP contribution >= 0.6 is 22.9 Å². The molecule has 0 unspecified atom stereocenters. The molecule has 1 aromatic rings. The summed E-state index contributed by atoms with van der Waals surface area (Å²) in [5, 5.41) is 9.19. The molecule has 1 aliphatic carbocycles. The number of amides is 1. The number of carbonyl (C=O) groups excluding carboxylic acids is 1. The molecule has 1 saturated carbocycles. The molecule has 1 N–H and O–H groups in total. The SMILES string of the molecule is CN(Cc1ccc(Cl)s1)C(=O)CN(C)C1CCC(CO)CC1. The van der Waals surface area contributed by atoms with Crippen molar-refractivity contribution in [3.63, 3.8) is 0 Å². The second-order valence-electron chi connectivity index (χ2n) is 6.23. The van der Waals surface area contributed by atoms with Gasteiger partial charge in [0.1, 0.15) is 0 Å². The number of aliphatic hydroxyl groups is 1. The van der Waals surface area contributed by atoms with Crippen molar-refractivity contribution in [2.45, 2.75) is 38.3 Å². The number of halogens is 1. The third-order valence-corrected chi connectivity index (χ3v) is 5.75. The number of aliphatic hydroxyl groups excluding tert-OH is 1. The average Bonchev–Trinajstić information content (AvgIpc) is 2.92. The summed E-state index contributed by atoms with van der Waals surface area (Å²) in [7, 11) is 3.87. The van der Waals surface area contributed by atoms with Crippen LogP contribution in [0.1, 0.15) is 30.6 Å². The summed E-state index contributed by atoms with van der Waals surface area (Å²) in [5.74, 6) is 0.586. The second kappa shape index (κ2) is 8.29. The van der Waals surface area contributed by atoms with Crippen molar-refractivity contribution < 1.29 is 9.90 Å². The first-order valence-electron chi connectivity index (χ1n) is 7.79. The first-order valence-corrected chi connectivity index (χ1v) is 8.98. The summed E-state index contributed by atoms with van der Waals surface area (Å²) in [6, 6.07) is 4.29. The highest BCUT2D eigenvalue weighted by molar-refractivity contribution is 7.16. The minimum atomic E-state index is 0.135. The maximum absolute atomic E-state index is 12.3. The van der Waals surface area contributed by atoms with E-state index < -0.39 is 0 Å². The topological polar surface area (TPSA) is 43.8 Å². The van der Waals surface area contributed by atoms with E-state index >= 15 is 0 Å². The standard InChI is InChI=1S/C16H25ClN2O2S/c1-18(13-5-3-12(11-20)4-6-13)10-16(21)19(2)9-14-7-8-15(17)22-14/h7-8,12-13,20H,3-6,9-11H2,1-2H3. The number of thiophene rings is 1. The Bertz CT molecular complexity index is 486. The summed E-state index contributed by atoms with van der Waals surface area (Å²) in [5.41, 5.74) is 0. The fraction of sp³-hybridized carbons (Fsp3) is 0.688. The molecule has 0 bridgehead atoms. The number of hydrogen-bond donors (Lipinski definition) is 1. The van der Waals surface area contributed by atoms with Crippen LogP contribution in [0.2, 0.25) is 4.34 Å². The van der Waals surface area contributed by atoms with E-state index in [9.17, 15) is 9.90 Å². The van der Waals surface area contributed by atoms with E-state index in [1.807, 2.05) is 26.2 Å². The van der Waals surface area contributed by atoms with E-state index in [1.54, 1.807) is 4.90 Å². The molecule has 22 heavy (non-hydrogen) atoms. The molecule has 2 rings (SSSR count). The largest absolute Gasteiger partial charge is 0.396 e. The van der Waals surface area contributed by atoms with Crippen molar-refractivity contribution in [3.05, 3.63) is 21.3 Å². The van der Waals surface area contributed by atoms with Gasteiger partial charge in [-0.25, -0.2) is 0 Å². The van der Waals surface area contributed by atoms with E-state index in [2.05, 4.69) is 4.90 Å². The van der Waals surface area contributed by atoms with Crippen LogP contribution in [0.4, 0.5) is 0 Å². The van der Waals surface area contributed by atoms with Crippen LogP contribution in [0.15, 0.2) is 12.1 Å². The van der Waals surface area contributed by atoms with E-state index in [0.717, 1.165) is 34.9 Å². The van der Waals surface area contributed by atoms with E-state index in [-0.39, 0.29) is 5.91 Å². The Morgan fingerprint density at radius 3 is 2.55 bits per heavy atom. The summed E-state index contributed by atoms with van der Waals surface area (Å²) < 4.78 is 0.758. The summed E-state index contributed by atoms with van der Waals surface area (Å²) in [4.78, 5) is 17.4. The highest BCUT2D eigenvalue weighted by atomic mass is 35.5. The molecule has 1 heterocycles. The highest BCUT2D eigenvalue weighted by Gasteiger charge is 2.25. The van der Waals surface area contributed by atoms with Crippen molar-refractivity contribution in [2.75, 3.05) is 27.2 Å². The fourth-order valence-electron chi connectivity index (χ4n) is 2.99. The van der Waals surface area contributed by atoms with Gasteiger partial charge in [0.05, 0.1) is 17.4 Å². The smallest absolute Gasteiger partial charge is 0.236 e. The van der Waals surface area contributed by atoms with E-state index in [0.29, 0.717) is 31.7 Å². The average molecular weight is 345 g/mol. The predicted molar refractivity (Wildman–Crippen MR) is 91.3 cm³/mol. The Morgan fingerprint density at radius 2 is 2.00 bits per heavy atom. The van der Waals surface area contributed by atoms with Gasteiger partial charge in [0.25, 0.3) is 0 Å². The summed E-state index contributed by atoms with van der Waals surface area (Å²) >= 11 is 7.44. The lowest BCUT2D eigenvalue weighted by molar-refractivity contribution is -0.132. The number of likely N-dealkylation sites (N-methyl/N-ethyl adjacent to an activating group) is 2. The first kappa shape index (κ1) is 17.7. The van der Waals surface area contributed by atoms with Crippen molar-refractivity contribution in [1.29, 1.82) is 0 Å². The van der Waals surface area contributed by atoms with Crippen LogP contribution in [0.3, 0.4) is 0 Å². The fourth-order valence-corrected chi connectivity index (χ4v) is 4.13. The van der Waals surface area contributed by atoms with Crippen LogP contribution in [0.5, 0.6) is 0 Å². The molecule has 0 aliphatic heterocycles. The summed E-state index contributed by atoms with van der Waals surface area (Å²) in [6.45, 7) is 1.35. The molecule has 1 amide bonds. The molecule has 1 fully saturated rings. The normalized spacial score (nSPS) is 22.0. The zero-order chi connectivity index (χ0) is 16.1. The Labute approximate surface area is 141 Å². The maximum atomic E-state index is 12.3. The third-order valence-electron chi connectivity index (χ3n) is 4.53. The lowest BCUT2D eigenvalue weighted by atomic mass is 9.86. The monoisotopic (exact) mass is 344 g/mol. The second-order valence-corrected chi connectivity index (χ2v) is 8.03. The molecule has 6 heteroatoms. The van der Waals surface area contributed by atoms with Crippen molar-refractivity contribution in [2.24, 2.45) is 5.92 Å². The van der Waals surface area contributed by atoms with Crippen molar-refractivity contribution >= 4 is 28.8 Å². The van der Waals surface area contributed by atoms with Gasteiger partial charge in [0.2, 0.25) is 5.91 Å². The van der Waals surface area contributed by atoms with Crippen LogP contribution < -0.4 is 0 Å². The molecular weight excluding hydrogens is 320 g/mol. The zero-order valence-corrected chi connectivity index (χ0v) is 14.9. The molecule has 1 aliphatic rings. The lowest BCUT2D eigenvalue weighted by Crippen LogP contribution is -2.42. The highest BCUT2D eigenvalue weighted by Crippen LogP contribution is 2.27. The number of carbonyl (C=O) groups is 1. The van der Waals surface area contributed by atoms with Gasteiger partial charge >= 0.3 is 0 Å². The quantitative estimate of drug-likeness (QED) is 0.863. The number of hydrogen-bond acceptors (Lipinski definition) is 4. The van der Waals surface area contributed by atoms with Gasteiger partial charge in [-0.3, -0.25) is 9.69 Å². The molecule has 4 nitrogen and oxygen atoms in total. The van der Waals surface area contributed by atoms with Crippen LogP contribution in [-0.4, -0.2) is 54.1 Å². The zero-order valence-electron chi connectivity index (χ0n) is 13.3. The maximum Gasteiger partial charge on any atom is 0.236 e. The Kier molecular flexibility index (Phi) is 6.68. The Balaban J connectivity index is 1.78. The van der Waals surface area contributed by atoms with Gasteiger partial charge in [0, 0.05) is 24.6 Å². The Hall–Kier alpha value is -0.620. The van der Waals surface area contributed by atoms with Gasteiger partial charge in [-0.1, -0.05) is 11.6 Å². The van der Waals surface area contributed by atoms with Crippen LogP contribution in [-0.2, 0) is 11.3 Å². The van der Waals surface area contributed by atoms with Crippen molar-refractivity contribution in [1.82, 2.24) is 9.80 Å². The van der Waals surface area contributed by atoms with Crippen LogP contribution in [0.25, 0.3) is 0 Å². The molecule has 0 aromatic carbocycles. The van der Waals surface area contributed by atoms with E-state index in [1.165, 1.54) is 11.3 Å². The predicted octanol–water partition coefficient (Wildman–Crippen LogP) is 2.84. The van der Waals surface area contributed by atoms with Gasteiger partial charge < -0.3 is 10.0 Å². The molecular formula is C16H25ClN2O2S.